The normalized spacial score (nSPS) is 10.2. The molecule has 3 aromatic rings. The molecule has 27 heavy (non-hydrogen) atoms. The predicted molar refractivity (Wildman–Crippen MR) is 110 cm³/mol. The van der Waals surface area contributed by atoms with Crippen LogP contribution in [0, 0.1) is 6.92 Å². The number of halogens is 1. The van der Waals surface area contributed by atoms with Gasteiger partial charge in [0.25, 0.3) is 0 Å². The van der Waals surface area contributed by atoms with Gasteiger partial charge in [-0.3, -0.25) is 0 Å². The van der Waals surface area contributed by atoms with Gasteiger partial charge in [0.1, 0.15) is 17.9 Å². The third kappa shape index (κ3) is 5.18. The first-order chi connectivity index (χ1) is 13.0. The quantitative estimate of drug-likeness (QED) is 0.531. The fourth-order valence-electron chi connectivity index (χ4n) is 2.34. The molecule has 1 heterocycles. The number of carbonyl (C=O) groups excluding carboxylic acids is 1. The van der Waals surface area contributed by atoms with Crippen LogP contribution in [0.2, 0.25) is 0 Å². The summed E-state index contributed by atoms with van der Waals surface area (Å²) >= 11 is 3.38. The second kappa shape index (κ2) is 8.50. The van der Waals surface area contributed by atoms with Crippen LogP contribution in [-0.4, -0.2) is 23.0 Å². The Balaban J connectivity index is 1.66. The van der Waals surface area contributed by atoms with Crippen LogP contribution in [-0.2, 0) is 0 Å². The summed E-state index contributed by atoms with van der Waals surface area (Å²) in [5.74, 6) is 1.72. The minimum atomic E-state index is -0.320. The first kappa shape index (κ1) is 18.7. The van der Waals surface area contributed by atoms with E-state index < -0.39 is 0 Å². The SMILES string of the molecule is CNc1cc(Oc2ccc(NC(=O)Nc3cccc(Br)c3)c(C)c2)ncn1. The Bertz CT molecular complexity index is 964. The van der Waals surface area contributed by atoms with Crippen LogP contribution in [0.15, 0.2) is 59.3 Å². The zero-order valence-electron chi connectivity index (χ0n) is 14.8. The van der Waals surface area contributed by atoms with Gasteiger partial charge < -0.3 is 20.7 Å². The number of aryl methyl sites for hydroxylation is 1. The van der Waals surface area contributed by atoms with E-state index >= 15 is 0 Å². The largest absolute Gasteiger partial charge is 0.439 e. The van der Waals surface area contributed by atoms with Gasteiger partial charge >= 0.3 is 6.03 Å². The number of carbonyl (C=O) groups is 1. The van der Waals surface area contributed by atoms with Gasteiger partial charge in [-0.1, -0.05) is 22.0 Å². The van der Waals surface area contributed by atoms with Crippen molar-refractivity contribution in [2.45, 2.75) is 6.92 Å². The second-order valence-electron chi connectivity index (χ2n) is 5.66. The summed E-state index contributed by atoms with van der Waals surface area (Å²) in [6, 6.07) is 14.1. The van der Waals surface area contributed by atoms with E-state index in [9.17, 15) is 4.79 Å². The van der Waals surface area contributed by atoms with E-state index in [4.69, 9.17) is 4.74 Å². The van der Waals surface area contributed by atoms with Crippen LogP contribution >= 0.6 is 15.9 Å². The maximum absolute atomic E-state index is 12.2. The Hall–Kier alpha value is -3.13. The predicted octanol–water partition coefficient (Wildman–Crippen LogP) is 5.03. The smallest absolute Gasteiger partial charge is 0.323 e. The highest BCUT2D eigenvalue weighted by Gasteiger charge is 2.08. The van der Waals surface area contributed by atoms with Crippen molar-refractivity contribution in [1.82, 2.24) is 9.97 Å². The Morgan fingerprint density at radius 3 is 2.67 bits per heavy atom. The van der Waals surface area contributed by atoms with E-state index in [1.165, 1.54) is 6.33 Å². The van der Waals surface area contributed by atoms with E-state index in [2.05, 4.69) is 41.8 Å². The molecule has 0 fully saturated rings. The Labute approximate surface area is 165 Å². The number of benzene rings is 2. The van der Waals surface area contributed by atoms with Crippen molar-refractivity contribution in [1.29, 1.82) is 0 Å². The fraction of sp³-hybridized carbons (Fsp3) is 0.105. The van der Waals surface area contributed by atoms with E-state index in [0.717, 1.165) is 10.0 Å². The third-order valence-electron chi connectivity index (χ3n) is 3.65. The average molecular weight is 428 g/mol. The number of nitrogens with one attached hydrogen (secondary N) is 3. The minimum Gasteiger partial charge on any atom is -0.439 e. The van der Waals surface area contributed by atoms with Crippen LogP contribution in [0.25, 0.3) is 0 Å². The van der Waals surface area contributed by atoms with E-state index in [1.807, 2.05) is 37.3 Å². The molecular formula is C19H18BrN5O2. The zero-order chi connectivity index (χ0) is 19.2. The zero-order valence-corrected chi connectivity index (χ0v) is 16.4. The molecule has 0 aliphatic rings. The summed E-state index contributed by atoms with van der Waals surface area (Å²) < 4.78 is 6.64. The van der Waals surface area contributed by atoms with Gasteiger partial charge in [0.2, 0.25) is 5.88 Å². The second-order valence-corrected chi connectivity index (χ2v) is 6.58. The number of anilines is 3. The lowest BCUT2D eigenvalue weighted by Crippen LogP contribution is -2.19. The lowest BCUT2D eigenvalue weighted by Gasteiger charge is -2.12. The molecule has 7 nitrogen and oxygen atoms in total. The Kier molecular flexibility index (Phi) is 5.87. The van der Waals surface area contributed by atoms with Gasteiger partial charge in [0, 0.05) is 29.0 Å². The molecule has 3 N–H and O–H groups in total. The number of rotatable bonds is 5. The maximum Gasteiger partial charge on any atom is 0.323 e. The molecule has 0 saturated heterocycles. The highest BCUT2D eigenvalue weighted by molar-refractivity contribution is 9.10. The van der Waals surface area contributed by atoms with E-state index in [1.54, 1.807) is 25.2 Å². The standard InChI is InChI=1S/C19H18BrN5O2/c1-12-8-15(27-18-10-17(21-2)22-11-23-18)6-7-16(12)25-19(26)24-14-5-3-4-13(20)9-14/h3-11H,1-2H3,(H,21,22,23)(H2,24,25,26). The van der Waals surface area contributed by atoms with Crippen molar-refractivity contribution in [3.8, 4) is 11.6 Å². The van der Waals surface area contributed by atoms with Gasteiger partial charge in [0.15, 0.2) is 0 Å². The lowest BCUT2D eigenvalue weighted by atomic mass is 10.2. The first-order valence-corrected chi connectivity index (χ1v) is 8.94. The van der Waals surface area contributed by atoms with E-state index in [-0.39, 0.29) is 6.03 Å². The van der Waals surface area contributed by atoms with Gasteiger partial charge in [-0.25, -0.2) is 14.8 Å². The molecule has 1 aromatic heterocycles. The van der Waals surface area contributed by atoms with Gasteiger partial charge in [0.05, 0.1) is 0 Å². The monoisotopic (exact) mass is 427 g/mol. The summed E-state index contributed by atoms with van der Waals surface area (Å²) in [5.41, 5.74) is 2.25. The highest BCUT2D eigenvalue weighted by atomic mass is 79.9. The number of hydrogen-bond donors (Lipinski definition) is 3. The molecule has 8 heteroatoms. The van der Waals surface area contributed by atoms with Crippen molar-refractivity contribution < 1.29 is 9.53 Å². The summed E-state index contributed by atoms with van der Waals surface area (Å²) in [4.78, 5) is 20.3. The van der Waals surface area contributed by atoms with Crippen LogP contribution < -0.4 is 20.7 Å². The molecule has 0 aliphatic carbocycles. The molecule has 0 bridgehead atoms. The van der Waals surface area contributed by atoms with Gasteiger partial charge in [-0.15, -0.1) is 0 Å². The van der Waals surface area contributed by atoms with Crippen LogP contribution in [0.5, 0.6) is 11.6 Å². The number of aromatic nitrogens is 2. The molecule has 3 rings (SSSR count). The van der Waals surface area contributed by atoms with Crippen molar-refractivity contribution in [3.63, 3.8) is 0 Å². The minimum absolute atomic E-state index is 0.320. The van der Waals surface area contributed by atoms with Crippen molar-refractivity contribution >= 4 is 39.2 Å². The Morgan fingerprint density at radius 1 is 1.07 bits per heavy atom. The van der Waals surface area contributed by atoms with Crippen LogP contribution in [0.4, 0.5) is 22.0 Å². The molecule has 138 valence electrons. The molecule has 0 radical (unpaired) electrons. The number of nitrogens with zero attached hydrogens (tertiary/aromatic N) is 2. The molecule has 0 saturated carbocycles. The molecule has 2 aromatic carbocycles. The number of ether oxygens (including phenoxy) is 1. The number of urea groups is 1. The molecule has 0 atom stereocenters. The third-order valence-corrected chi connectivity index (χ3v) is 4.14. The number of hydrogen-bond acceptors (Lipinski definition) is 5. The molecule has 0 spiro atoms. The lowest BCUT2D eigenvalue weighted by molar-refractivity contribution is 0.262. The van der Waals surface area contributed by atoms with Gasteiger partial charge in [-0.2, -0.15) is 0 Å². The maximum atomic E-state index is 12.2. The topological polar surface area (TPSA) is 88.2 Å². The van der Waals surface area contributed by atoms with Crippen molar-refractivity contribution in [2.75, 3.05) is 23.0 Å². The van der Waals surface area contributed by atoms with E-state index in [0.29, 0.717) is 28.8 Å². The van der Waals surface area contributed by atoms with Crippen LogP contribution in [0.3, 0.4) is 0 Å². The van der Waals surface area contributed by atoms with Crippen molar-refractivity contribution in [2.24, 2.45) is 0 Å². The summed E-state index contributed by atoms with van der Waals surface area (Å²) in [7, 11) is 1.77. The van der Waals surface area contributed by atoms with Gasteiger partial charge in [-0.05, 0) is 48.9 Å². The summed E-state index contributed by atoms with van der Waals surface area (Å²) in [5, 5.41) is 8.55. The molecular weight excluding hydrogens is 410 g/mol. The fourth-order valence-corrected chi connectivity index (χ4v) is 2.74. The van der Waals surface area contributed by atoms with Crippen molar-refractivity contribution in [3.05, 3.63) is 64.9 Å². The average Bonchev–Trinajstić information content (AvgIpc) is 2.64. The summed E-state index contributed by atoms with van der Waals surface area (Å²) in [6.07, 6.45) is 1.43. The molecule has 2 amide bonds. The highest BCUT2D eigenvalue weighted by Crippen LogP contribution is 2.26. The Morgan fingerprint density at radius 2 is 1.93 bits per heavy atom. The summed E-state index contributed by atoms with van der Waals surface area (Å²) in [6.45, 7) is 1.89. The van der Waals surface area contributed by atoms with Crippen LogP contribution in [0.1, 0.15) is 5.56 Å². The number of amides is 2. The first-order valence-electron chi connectivity index (χ1n) is 8.15. The molecule has 0 aliphatic heterocycles. The molecule has 0 unspecified atom stereocenters.